The highest BCUT2D eigenvalue weighted by molar-refractivity contribution is 6.04. The number of piperazine rings is 1. The number of para-hydroxylation sites is 1. The van der Waals surface area contributed by atoms with Gasteiger partial charge in [0.05, 0.1) is 5.97 Å². The summed E-state index contributed by atoms with van der Waals surface area (Å²) in [5.74, 6) is -1.28. The minimum atomic E-state index is -1.38. The maximum atomic E-state index is 12.6. The second-order valence-corrected chi connectivity index (χ2v) is 6.11. The lowest BCUT2D eigenvalue weighted by atomic mass is 10.1. The summed E-state index contributed by atoms with van der Waals surface area (Å²) in [5, 5.41) is 11.2. The quantitative estimate of drug-likeness (QED) is 0.764. The summed E-state index contributed by atoms with van der Waals surface area (Å²) >= 11 is 0. The monoisotopic (exact) mass is 367 g/mol. The Kier molecular flexibility index (Phi) is 5.71. The number of amides is 2. The molecule has 1 aliphatic heterocycles. The van der Waals surface area contributed by atoms with Crippen molar-refractivity contribution in [2.75, 3.05) is 32.8 Å². The van der Waals surface area contributed by atoms with E-state index < -0.39 is 5.97 Å². The fourth-order valence-electron chi connectivity index (χ4n) is 2.93. The van der Waals surface area contributed by atoms with E-state index in [1.165, 1.54) is 12.1 Å². The third-order valence-electron chi connectivity index (χ3n) is 4.40. The van der Waals surface area contributed by atoms with Crippen LogP contribution in [0.5, 0.6) is 5.75 Å². The van der Waals surface area contributed by atoms with Crippen molar-refractivity contribution in [2.45, 2.75) is 0 Å². The van der Waals surface area contributed by atoms with Crippen LogP contribution in [0.2, 0.25) is 0 Å². The van der Waals surface area contributed by atoms with Crippen LogP contribution in [0, 0.1) is 0 Å². The number of rotatable bonds is 5. The van der Waals surface area contributed by atoms with Crippen molar-refractivity contribution in [2.24, 2.45) is 0 Å². The first-order valence-corrected chi connectivity index (χ1v) is 8.61. The molecule has 0 atom stereocenters. The Bertz CT molecular complexity index is 829. The number of nitrogens with zero attached hydrogens (tertiary/aromatic N) is 2. The molecule has 0 radical (unpaired) electrons. The number of aromatic carboxylic acids is 1. The van der Waals surface area contributed by atoms with Gasteiger partial charge in [-0.25, -0.2) is 0 Å². The van der Waals surface area contributed by atoms with Crippen LogP contribution in [0.25, 0.3) is 0 Å². The SMILES string of the molecule is O=C([O-])c1ccccc1C(=O)N1CCN(C(=O)COc2ccccc2)CC1. The highest BCUT2D eigenvalue weighted by atomic mass is 16.5. The van der Waals surface area contributed by atoms with Crippen LogP contribution in [-0.2, 0) is 4.79 Å². The van der Waals surface area contributed by atoms with Crippen LogP contribution < -0.4 is 9.84 Å². The third kappa shape index (κ3) is 4.44. The van der Waals surface area contributed by atoms with Gasteiger partial charge in [0.1, 0.15) is 5.75 Å². The Balaban J connectivity index is 1.55. The largest absolute Gasteiger partial charge is 0.545 e. The summed E-state index contributed by atoms with van der Waals surface area (Å²) in [6.45, 7) is 1.34. The normalized spacial score (nSPS) is 13.9. The third-order valence-corrected chi connectivity index (χ3v) is 4.40. The molecule has 0 unspecified atom stereocenters. The van der Waals surface area contributed by atoms with Crippen molar-refractivity contribution in [1.82, 2.24) is 9.80 Å². The molecular formula is C20H19N2O5-. The predicted molar refractivity (Wildman–Crippen MR) is 95.2 cm³/mol. The van der Waals surface area contributed by atoms with Crippen LogP contribution in [0.3, 0.4) is 0 Å². The van der Waals surface area contributed by atoms with Gasteiger partial charge in [-0.05, 0) is 18.2 Å². The maximum absolute atomic E-state index is 12.6. The molecule has 3 rings (SSSR count). The van der Waals surface area contributed by atoms with Crippen LogP contribution in [0.4, 0.5) is 0 Å². The number of carboxylic acids is 1. The Morgan fingerprint density at radius 2 is 1.37 bits per heavy atom. The number of benzene rings is 2. The van der Waals surface area contributed by atoms with Crippen molar-refractivity contribution in [3.63, 3.8) is 0 Å². The molecule has 1 saturated heterocycles. The summed E-state index contributed by atoms with van der Waals surface area (Å²) in [7, 11) is 0. The highest BCUT2D eigenvalue weighted by Gasteiger charge is 2.26. The van der Waals surface area contributed by atoms with E-state index in [9.17, 15) is 19.5 Å². The van der Waals surface area contributed by atoms with E-state index in [1.54, 1.807) is 34.1 Å². The number of carbonyl (C=O) groups is 3. The van der Waals surface area contributed by atoms with E-state index in [0.29, 0.717) is 31.9 Å². The fourth-order valence-corrected chi connectivity index (χ4v) is 2.93. The molecule has 1 heterocycles. The zero-order valence-corrected chi connectivity index (χ0v) is 14.7. The van der Waals surface area contributed by atoms with Gasteiger partial charge in [0, 0.05) is 37.3 Å². The molecule has 0 aliphatic carbocycles. The van der Waals surface area contributed by atoms with Crippen LogP contribution in [-0.4, -0.2) is 60.4 Å². The van der Waals surface area contributed by atoms with Crippen molar-refractivity contribution in [3.8, 4) is 5.75 Å². The van der Waals surface area contributed by atoms with E-state index in [2.05, 4.69) is 0 Å². The van der Waals surface area contributed by atoms with Crippen molar-refractivity contribution in [1.29, 1.82) is 0 Å². The number of carboxylic acid groups (broad SMARTS) is 1. The van der Waals surface area contributed by atoms with Crippen molar-refractivity contribution >= 4 is 17.8 Å². The Labute approximate surface area is 156 Å². The van der Waals surface area contributed by atoms with Gasteiger partial charge in [0.15, 0.2) is 6.61 Å². The number of hydrogen-bond acceptors (Lipinski definition) is 5. The standard InChI is InChI=1S/C20H20N2O5/c23-18(14-27-15-6-2-1-3-7-15)21-10-12-22(13-11-21)19(24)16-8-4-5-9-17(16)20(25)26/h1-9H,10-14H2,(H,25,26)/p-1. The molecule has 0 N–H and O–H groups in total. The topological polar surface area (TPSA) is 90.0 Å². The summed E-state index contributed by atoms with van der Waals surface area (Å²) < 4.78 is 5.46. The molecule has 2 amide bonds. The van der Waals surface area contributed by atoms with Gasteiger partial charge in [-0.15, -0.1) is 0 Å². The number of carbonyl (C=O) groups excluding carboxylic acids is 3. The maximum Gasteiger partial charge on any atom is 0.260 e. The molecule has 7 nitrogen and oxygen atoms in total. The lowest BCUT2D eigenvalue weighted by molar-refractivity contribution is -0.255. The molecule has 140 valence electrons. The molecule has 2 aromatic rings. The van der Waals surface area contributed by atoms with E-state index in [1.807, 2.05) is 18.2 Å². The second-order valence-electron chi connectivity index (χ2n) is 6.11. The first-order chi connectivity index (χ1) is 13.1. The summed E-state index contributed by atoms with van der Waals surface area (Å²) in [6.07, 6.45) is 0. The van der Waals surface area contributed by atoms with Gasteiger partial charge in [0.2, 0.25) is 0 Å². The van der Waals surface area contributed by atoms with Gasteiger partial charge in [-0.1, -0.05) is 36.4 Å². The predicted octanol–water partition coefficient (Wildman–Crippen LogP) is 0.413. The van der Waals surface area contributed by atoms with Crippen LogP contribution >= 0.6 is 0 Å². The van der Waals surface area contributed by atoms with E-state index in [0.717, 1.165) is 0 Å². The minimum Gasteiger partial charge on any atom is -0.545 e. The average Bonchev–Trinajstić information content (AvgIpc) is 2.72. The van der Waals surface area contributed by atoms with E-state index in [4.69, 9.17) is 4.74 Å². The smallest absolute Gasteiger partial charge is 0.260 e. The first kappa shape index (κ1) is 18.4. The fraction of sp³-hybridized carbons (Fsp3) is 0.250. The molecular weight excluding hydrogens is 348 g/mol. The highest BCUT2D eigenvalue weighted by Crippen LogP contribution is 2.14. The minimum absolute atomic E-state index is 0.0640. The van der Waals surface area contributed by atoms with Gasteiger partial charge in [-0.3, -0.25) is 9.59 Å². The summed E-state index contributed by atoms with van der Waals surface area (Å²) in [4.78, 5) is 39.3. The number of hydrogen-bond donors (Lipinski definition) is 0. The summed E-state index contributed by atoms with van der Waals surface area (Å²) in [6, 6.07) is 15.1. The summed E-state index contributed by atoms with van der Waals surface area (Å²) in [5.41, 5.74) is -0.0260. The lowest BCUT2D eigenvalue weighted by Crippen LogP contribution is -2.51. The molecule has 0 spiro atoms. The van der Waals surface area contributed by atoms with Gasteiger partial charge in [-0.2, -0.15) is 0 Å². The Hall–Kier alpha value is -3.35. The van der Waals surface area contributed by atoms with E-state index in [-0.39, 0.29) is 29.5 Å². The zero-order chi connectivity index (χ0) is 19.2. The van der Waals surface area contributed by atoms with Crippen molar-refractivity contribution in [3.05, 3.63) is 65.7 Å². The molecule has 0 aromatic heterocycles. The molecule has 0 saturated carbocycles. The Morgan fingerprint density at radius 1 is 0.815 bits per heavy atom. The zero-order valence-electron chi connectivity index (χ0n) is 14.7. The molecule has 1 fully saturated rings. The average molecular weight is 367 g/mol. The van der Waals surface area contributed by atoms with E-state index >= 15 is 0 Å². The molecule has 7 heteroatoms. The van der Waals surface area contributed by atoms with Gasteiger partial charge in [0.25, 0.3) is 11.8 Å². The molecule has 27 heavy (non-hydrogen) atoms. The van der Waals surface area contributed by atoms with Crippen LogP contribution in [0.1, 0.15) is 20.7 Å². The molecule has 0 bridgehead atoms. The molecule has 2 aromatic carbocycles. The van der Waals surface area contributed by atoms with Gasteiger partial charge < -0.3 is 24.4 Å². The molecule has 1 aliphatic rings. The first-order valence-electron chi connectivity index (χ1n) is 8.61. The van der Waals surface area contributed by atoms with Crippen molar-refractivity contribution < 1.29 is 24.2 Å². The second kappa shape index (κ2) is 8.35. The number of ether oxygens (including phenoxy) is 1. The lowest BCUT2D eigenvalue weighted by Gasteiger charge is -2.35. The van der Waals surface area contributed by atoms with Crippen LogP contribution in [0.15, 0.2) is 54.6 Å². The van der Waals surface area contributed by atoms with Gasteiger partial charge >= 0.3 is 0 Å². The Morgan fingerprint density at radius 3 is 2.00 bits per heavy atom.